The summed E-state index contributed by atoms with van der Waals surface area (Å²) in [6.45, 7) is 2.04. The maximum absolute atomic E-state index is 11.9. The quantitative estimate of drug-likeness (QED) is 0.893. The van der Waals surface area contributed by atoms with Gasteiger partial charge < -0.3 is 5.32 Å². The van der Waals surface area contributed by atoms with E-state index in [2.05, 4.69) is 5.32 Å². The minimum Gasteiger partial charge on any atom is -0.324 e. The van der Waals surface area contributed by atoms with Crippen LogP contribution in [-0.4, -0.2) is 20.7 Å². The zero-order valence-corrected chi connectivity index (χ0v) is 11.4. The van der Waals surface area contributed by atoms with Crippen molar-refractivity contribution in [2.45, 2.75) is 11.5 Å². The first-order valence-electron chi connectivity index (χ1n) is 4.94. The number of benzene rings is 1. The molecule has 0 aliphatic carbocycles. The molecule has 0 bridgehead atoms. The minimum atomic E-state index is 0.0440. The van der Waals surface area contributed by atoms with Crippen LogP contribution >= 0.6 is 35.3 Å². The number of hydrogen-bond acceptors (Lipinski definition) is 4. The molecule has 1 aliphatic heterocycles. The maximum atomic E-state index is 11.9. The van der Waals surface area contributed by atoms with Gasteiger partial charge in [-0.2, -0.15) is 0 Å². The van der Waals surface area contributed by atoms with E-state index < -0.39 is 0 Å². The van der Waals surface area contributed by atoms with Crippen molar-refractivity contribution in [3.05, 3.63) is 29.8 Å². The summed E-state index contributed by atoms with van der Waals surface area (Å²) >= 11 is 5.29. The molecule has 2 nitrogen and oxygen atoms in total. The molecule has 1 heterocycles. The highest BCUT2D eigenvalue weighted by Gasteiger charge is 2.22. The number of thioether (sulfide) groups is 3. The summed E-state index contributed by atoms with van der Waals surface area (Å²) in [6.07, 6.45) is 0. The lowest BCUT2D eigenvalue weighted by molar-refractivity contribution is -0.114. The summed E-state index contributed by atoms with van der Waals surface area (Å²) in [5.41, 5.74) is 2.09. The van der Waals surface area contributed by atoms with E-state index in [9.17, 15) is 4.79 Å². The van der Waals surface area contributed by atoms with Crippen molar-refractivity contribution in [1.29, 1.82) is 0 Å². The van der Waals surface area contributed by atoms with Crippen molar-refractivity contribution in [2.24, 2.45) is 0 Å². The molecule has 1 amide bonds. The monoisotopic (exact) mass is 271 g/mol. The van der Waals surface area contributed by atoms with Crippen LogP contribution < -0.4 is 5.32 Å². The van der Waals surface area contributed by atoms with Gasteiger partial charge in [-0.15, -0.1) is 35.3 Å². The summed E-state index contributed by atoms with van der Waals surface area (Å²) in [6, 6.07) is 7.90. The number of amides is 1. The van der Waals surface area contributed by atoms with Crippen molar-refractivity contribution in [3.8, 4) is 0 Å². The molecule has 1 N–H and O–H groups in total. The van der Waals surface area contributed by atoms with Gasteiger partial charge in [0.15, 0.2) is 0 Å². The number of carbonyl (C=O) groups is 1. The first kappa shape index (κ1) is 12.2. The first-order valence-corrected chi connectivity index (χ1v) is 8.19. The fraction of sp³-hybridized carbons (Fsp3) is 0.364. The van der Waals surface area contributed by atoms with Gasteiger partial charge in [0.05, 0.1) is 0 Å². The molecule has 1 aromatic carbocycles. The number of nitrogens with one attached hydrogen (secondary N) is 1. The SMILES string of the molecule is Cc1ccc(NC(=O)C2SCSCS2)cc1. The standard InChI is InChI=1S/C11H13NOS3/c1-8-2-4-9(5-3-8)12-10(13)11-15-6-14-7-16-11/h2-5,11H,6-7H2,1H3,(H,12,13). The summed E-state index contributed by atoms with van der Waals surface area (Å²) in [5, 5.41) is 4.97. The molecule has 0 aromatic heterocycles. The highest BCUT2D eigenvalue weighted by atomic mass is 32.3. The molecule has 0 radical (unpaired) electrons. The van der Waals surface area contributed by atoms with E-state index in [0.717, 1.165) is 15.9 Å². The highest BCUT2D eigenvalue weighted by molar-refractivity contribution is 8.33. The predicted molar refractivity (Wildman–Crippen MR) is 76.1 cm³/mol. The van der Waals surface area contributed by atoms with Gasteiger partial charge >= 0.3 is 0 Å². The lowest BCUT2D eigenvalue weighted by atomic mass is 10.2. The van der Waals surface area contributed by atoms with E-state index >= 15 is 0 Å². The van der Waals surface area contributed by atoms with Gasteiger partial charge in [0.2, 0.25) is 5.91 Å². The Morgan fingerprint density at radius 1 is 1.25 bits per heavy atom. The topological polar surface area (TPSA) is 29.1 Å². The van der Waals surface area contributed by atoms with Gasteiger partial charge in [0, 0.05) is 15.9 Å². The fourth-order valence-electron chi connectivity index (χ4n) is 1.29. The van der Waals surface area contributed by atoms with Crippen molar-refractivity contribution in [1.82, 2.24) is 0 Å². The Kier molecular flexibility index (Phi) is 4.49. The van der Waals surface area contributed by atoms with E-state index in [0.29, 0.717) is 0 Å². The summed E-state index contributed by atoms with van der Waals surface area (Å²) in [4.78, 5) is 11.9. The van der Waals surface area contributed by atoms with Gasteiger partial charge in [0.25, 0.3) is 0 Å². The molecule has 1 aliphatic rings. The van der Waals surface area contributed by atoms with Crippen LogP contribution in [0.3, 0.4) is 0 Å². The molecule has 0 unspecified atom stereocenters. The van der Waals surface area contributed by atoms with Gasteiger partial charge in [0.1, 0.15) is 4.58 Å². The maximum Gasteiger partial charge on any atom is 0.247 e. The molecule has 5 heteroatoms. The third kappa shape index (κ3) is 3.37. The van der Waals surface area contributed by atoms with E-state index in [4.69, 9.17) is 0 Å². The summed E-state index contributed by atoms with van der Waals surface area (Å²) in [7, 11) is 0. The Morgan fingerprint density at radius 2 is 1.88 bits per heavy atom. The van der Waals surface area contributed by atoms with Crippen LogP contribution in [-0.2, 0) is 4.79 Å². The van der Waals surface area contributed by atoms with Gasteiger partial charge in [-0.3, -0.25) is 4.79 Å². The zero-order chi connectivity index (χ0) is 11.4. The van der Waals surface area contributed by atoms with Crippen molar-refractivity contribution >= 4 is 46.9 Å². The highest BCUT2D eigenvalue weighted by Crippen LogP contribution is 2.36. The third-order valence-corrected chi connectivity index (χ3v) is 6.41. The number of hydrogen-bond donors (Lipinski definition) is 1. The van der Waals surface area contributed by atoms with Crippen LogP contribution in [0.2, 0.25) is 0 Å². The predicted octanol–water partition coefficient (Wildman–Crippen LogP) is 3.39. The van der Waals surface area contributed by atoms with Crippen LogP contribution in [0.25, 0.3) is 0 Å². The molecular formula is C11H13NOS3. The zero-order valence-electron chi connectivity index (χ0n) is 8.93. The van der Waals surface area contributed by atoms with E-state index in [1.54, 1.807) is 23.5 Å². The Hall–Kier alpha value is -0.260. The second-order valence-electron chi connectivity index (χ2n) is 3.46. The molecule has 86 valence electrons. The van der Waals surface area contributed by atoms with E-state index in [-0.39, 0.29) is 10.5 Å². The van der Waals surface area contributed by atoms with Crippen LogP contribution in [0, 0.1) is 6.92 Å². The van der Waals surface area contributed by atoms with Crippen LogP contribution in [0.4, 0.5) is 5.69 Å². The minimum absolute atomic E-state index is 0.0440. The van der Waals surface area contributed by atoms with Crippen molar-refractivity contribution in [3.63, 3.8) is 0 Å². The number of rotatable bonds is 2. The van der Waals surface area contributed by atoms with Crippen LogP contribution in [0.5, 0.6) is 0 Å². The van der Waals surface area contributed by atoms with E-state index in [1.165, 1.54) is 5.56 Å². The first-order chi connectivity index (χ1) is 7.75. The lowest BCUT2D eigenvalue weighted by Gasteiger charge is -2.19. The fourth-order valence-corrected chi connectivity index (χ4v) is 5.74. The molecular weight excluding hydrogens is 258 g/mol. The Balaban J connectivity index is 1.93. The lowest BCUT2D eigenvalue weighted by Crippen LogP contribution is -2.24. The molecule has 0 atom stereocenters. The molecule has 1 fully saturated rings. The van der Waals surface area contributed by atoms with Crippen LogP contribution in [0.15, 0.2) is 24.3 Å². The second-order valence-corrected chi connectivity index (χ2v) is 7.66. The Labute approximate surface area is 108 Å². The summed E-state index contributed by atoms with van der Waals surface area (Å²) < 4.78 is 0.0440. The average Bonchev–Trinajstić information content (AvgIpc) is 2.33. The number of anilines is 1. The second kappa shape index (κ2) is 5.89. The Morgan fingerprint density at radius 3 is 2.50 bits per heavy atom. The molecule has 2 rings (SSSR count). The van der Waals surface area contributed by atoms with Gasteiger partial charge in [-0.25, -0.2) is 0 Å². The number of carbonyl (C=O) groups excluding carboxylic acids is 1. The van der Waals surface area contributed by atoms with Crippen molar-refractivity contribution < 1.29 is 4.79 Å². The normalized spacial score (nSPS) is 17.1. The van der Waals surface area contributed by atoms with E-state index in [1.807, 2.05) is 43.0 Å². The van der Waals surface area contributed by atoms with Gasteiger partial charge in [-0.05, 0) is 19.1 Å². The number of aryl methyl sites for hydroxylation is 1. The molecule has 0 saturated carbocycles. The smallest absolute Gasteiger partial charge is 0.247 e. The third-order valence-electron chi connectivity index (χ3n) is 2.14. The molecule has 1 saturated heterocycles. The molecule has 16 heavy (non-hydrogen) atoms. The van der Waals surface area contributed by atoms with Gasteiger partial charge in [-0.1, -0.05) is 17.7 Å². The molecule has 1 aromatic rings. The summed E-state index contributed by atoms with van der Waals surface area (Å²) in [5.74, 6) is 0.110. The largest absolute Gasteiger partial charge is 0.324 e. The van der Waals surface area contributed by atoms with Crippen molar-refractivity contribution in [2.75, 3.05) is 15.5 Å². The van der Waals surface area contributed by atoms with Crippen LogP contribution in [0.1, 0.15) is 5.56 Å². The molecule has 0 spiro atoms. The average molecular weight is 271 g/mol. The Bertz CT molecular complexity index is 360.